The molecule has 0 aliphatic rings. The Balaban J connectivity index is 2.09. The van der Waals surface area contributed by atoms with Gasteiger partial charge in [-0.3, -0.25) is 0 Å². The summed E-state index contributed by atoms with van der Waals surface area (Å²) in [5.74, 6) is 0.886. The first kappa shape index (κ1) is 13.6. The lowest BCUT2D eigenvalue weighted by atomic mass is 10.1. The Hall–Kier alpha value is -1.36. The van der Waals surface area contributed by atoms with Crippen molar-refractivity contribution < 1.29 is 4.42 Å². The van der Waals surface area contributed by atoms with Crippen LogP contribution in [0.1, 0.15) is 27.4 Å². The molecule has 0 bridgehead atoms. The van der Waals surface area contributed by atoms with Crippen LogP contribution in [-0.2, 0) is 0 Å². The van der Waals surface area contributed by atoms with Crippen LogP contribution in [-0.4, -0.2) is 12.0 Å². The Morgan fingerprint density at radius 2 is 2.10 bits per heavy atom. The minimum Gasteiger partial charge on any atom is -0.459 e. The highest BCUT2D eigenvalue weighted by Gasteiger charge is 2.21. The Labute approximate surface area is 126 Å². The smallest absolute Gasteiger partial charge is 0.134 e. The molecule has 5 heteroatoms. The molecule has 2 heterocycles. The summed E-state index contributed by atoms with van der Waals surface area (Å²) in [6.45, 7) is 4.05. The largest absolute Gasteiger partial charge is 0.459 e. The van der Waals surface area contributed by atoms with E-state index in [2.05, 4.69) is 10.3 Å². The number of nitrogens with zero attached hydrogens (tertiary/aromatic N) is 1. The number of nitrogens with one attached hydrogen (secondary N) is 1. The molecule has 20 heavy (non-hydrogen) atoms. The van der Waals surface area contributed by atoms with Crippen molar-refractivity contribution >= 4 is 33.9 Å². The SMILES string of the molecule is CNC(c1cc2cc(Cl)ccc2o1)c1sc(C)nc1C. The molecular weight excluding hydrogens is 292 g/mol. The number of benzene rings is 1. The number of thiazole rings is 1. The normalized spacial score (nSPS) is 13.0. The molecule has 1 unspecified atom stereocenters. The van der Waals surface area contributed by atoms with Gasteiger partial charge in [0.1, 0.15) is 17.4 Å². The van der Waals surface area contributed by atoms with Crippen LogP contribution in [0.25, 0.3) is 11.0 Å². The summed E-state index contributed by atoms with van der Waals surface area (Å²) in [7, 11) is 1.93. The van der Waals surface area contributed by atoms with Crippen LogP contribution in [0.2, 0.25) is 5.02 Å². The van der Waals surface area contributed by atoms with E-state index in [-0.39, 0.29) is 6.04 Å². The van der Waals surface area contributed by atoms with Gasteiger partial charge in [-0.2, -0.15) is 0 Å². The topological polar surface area (TPSA) is 38.1 Å². The molecule has 0 spiro atoms. The number of aryl methyl sites for hydroxylation is 2. The molecule has 3 aromatic rings. The monoisotopic (exact) mass is 306 g/mol. The van der Waals surface area contributed by atoms with Crippen molar-refractivity contribution in [2.24, 2.45) is 0 Å². The van der Waals surface area contributed by atoms with Crippen molar-refractivity contribution in [1.82, 2.24) is 10.3 Å². The molecule has 1 atom stereocenters. The molecule has 104 valence electrons. The van der Waals surface area contributed by atoms with Crippen molar-refractivity contribution in [3.05, 3.63) is 50.6 Å². The first-order chi connectivity index (χ1) is 9.58. The van der Waals surface area contributed by atoms with Gasteiger partial charge in [-0.1, -0.05) is 11.6 Å². The number of rotatable bonds is 3. The van der Waals surface area contributed by atoms with Crippen LogP contribution in [0.5, 0.6) is 0 Å². The van der Waals surface area contributed by atoms with Gasteiger partial charge in [0, 0.05) is 10.4 Å². The van der Waals surface area contributed by atoms with Gasteiger partial charge >= 0.3 is 0 Å². The van der Waals surface area contributed by atoms with Crippen molar-refractivity contribution in [2.75, 3.05) is 7.05 Å². The van der Waals surface area contributed by atoms with Gasteiger partial charge in [-0.15, -0.1) is 11.3 Å². The molecule has 3 nitrogen and oxygen atoms in total. The third-order valence-corrected chi connectivity index (χ3v) is 4.65. The van der Waals surface area contributed by atoms with Gasteiger partial charge < -0.3 is 9.73 Å². The third-order valence-electron chi connectivity index (χ3n) is 3.27. The molecule has 2 aromatic heterocycles. The molecule has 0 saturated heterocycles. The van der Waals surface area contributed by atoms with Crippen LogP contribution < -0.4 is 5.32 Å². The van der Waals surface area contributed by atoms with E-state index in [1.165, 1.54) is 4.88 Å². The van der Waals surface area contributed by atoms with Crippen LogP contribution >= 0.6 is 22.9 Å². The summed E-state index contributed by atoms with van der Waals surface area (Å²) in [6, 6.07) is 7.72. The maximum Gasteiger partial charge on any atom is 0.134 e. The molecule has 1 aromatic carbocycles. The van der Waals surface area contributed by atoms with E-state index in [0.29, 0.717) is 0 Å². The number of furan rings is 1. The van der Waals surface area contributed by atoms with Crippen LogP contribution in [0.15, 0.2) is 28.7 Å². The predicted octanol–water partition coefficient (Wildman–Crippen LogP) is 4.47. The fraction of sp³-hybridized carbons (Fsp3) is 0.267. The summed E-state index contributed by atoms with van der Waals surface area (Å²) < 4.78 is 5.95. The molecular formula is C15H15ClN2OS. The number of hydrogen-bond acceptors (Lipinski definition) is 4. The maximum atomic E-state index is 6.02. The number of aromatic nitrogens is 1. The second-order valence-electron chi connectivity index (χ2n) is 4.74. The van der Waals surface area contributed by atoms with Crippen LogP contribution in [0.3, 0.4) is 0 Å². The number of hydrogen-bond donors (Lipinski definition) is 1. The van der Waals surface area contributed by atoms with Gasteiger partial charge in [0.25, 0.3) is 0 Å². The molecule has 0 aliphatic carbocycles. The maximum absolute atomic E-state index is 6.02. The highest BCUT2D eigenvalue weighted by Crippen LogP contribution is 2.33. The second-order valence-corrected chi connectivity index (χ2v) is 6.41. The third kappa shape index (κ3) is 2.35. The van der Waals surface area contributed by atoms with E-state index in [9.17, 15) is 0 Å². The molecule has 0 amide bonds. The quantitative estimate of drug-likeness (QED) is 0.776. The second kappa shape index (κ2) is 5.20. The molecule has 1 N–H and O–H groups in total. The van der Waals surface area contributed by atoms with E-state index in [1.807, 2.05) is 45.2 Å². The van der Waals surface area contributed by atoms with Crippen molar-refractivity contribution in [1.29, 1.82) is 0 Å². The average molecular weight is 307 g/mol. The van der Waals surface area contributed by atoms with Crippen molar-refractivity contribution in [2.45, 2.75) is 19.9 Å². The molecule has 0 radical (unpaired) electrons. The lowest BCUT2D eigenvalue weighted by molar-refractivity contribution is 0.494. The standard InChI is InChI=1S/C15H15ClN2OS/c1-8-15(20-9(2)18-8)14(17-3)13-7-10-6-11(16)4-5-12(10)19-13/h4-7,14,17H,1-3H3. The van der Waals surface area contributed by atoms with Gasteiger partial charge in [0.15, 0.2) is 0 Å². The fourth-order valence-electron chi connectivity index (χ4n) is 2.39. The summed E-state index contributed by atoms with van der Waals surface area (Å²) in [4.78, 5) is 5.68. The Morgan fingerprint density at radius 1 is 1.30 bits per heavy atom. The lowest BCUT2D eigenvalue weighted by Crippen LogP contribution is -2.16. The Kier molecular flexibility index (Phi) is 3.54. The minimum absolute atomic E-state index is 0.0207. The summed E-state index contributed by atoms with van der Waals surface area (Å²) in [6.07, 6.45) is 0. The predicted molar refractivity (Wildman–Crippen MR) is 83.7 cm³/mol. The first-order valence-electron chi connectivity index (χ1n) is 6.38. The van der Waals surface area contributed by atoms with Crippen molar-refractivity contribution in [3.63, 3.8) is 0 Å². The van der Waals surface area contributed by atoms with Crippen LogP contribution in [0, 0.1) is 13.8 Å². The number of fused-ring (bicyclic) bond motifs is 1. The fourth-order valence-corrected chi connectivity index (χ4v) is 3.62. The van der Waals surface area contributed by atoms with Gasteiger partial charge in [0.2, 0.25) is 0 Å². The average Bonchev–Trinajstić information content (AvgIpc) is 2.94. The summed E-state index contributed by atoms with van der Waals surface area (Å²) in [5, 5.41) is 6.11. The number of halogens is 1. The zero-order valence-corrected chi connectivity index (χ0v) is 13.1. The zero-order valence-electron chi connectivity index (χ0n) is 11.5. The van der Waals surface area contributed by atoms with Gasteiger partial charge in [0.05, 0.1) is 15.6 Å². The molecule has 3 rings (SSSR count). The van der Waals surface area contributed by atoms with Crippen molar-refractivity contribution in [3.8, 4) is 0 Å². The molecule has 0 aliphatic heterocycles. The first-order valence-corrected chi connectivity index (χ1v) is 7.58. The van der Waals surface area contributed by atoms with E-state index < -0.39 is 0 Å². The van der Waals surface area contributed by atoms with Gasteiger partial charge in [-0.25, -0.2) is 4.98 Å². The minimum atomic E-state index is 0.0207. The van der Waals surface area contributed by atoms with Gasteiger partial charge in [-0.05, 0) is 45.2 Å². The van der Waals surface area contributed by atoms with Crippen LogP contribution in [0.4, 0.5) is 0 Å². The Bertz CT molecular complexity index is 762. The Morgan fingerprint density at radius 3 is 2.75 bits per heavy atom. The molecule has 0 fully saturated rings. The lowest BCUT2D eigenvalue weighted by Gasteiger charge is -2.11. The summed E-state index contributed by atoms with van der Waals surface area (Å²) >= 11 is 7.72. The highest BCUT2D eigenvalue weighted by atomic mass is 35.5. The zero-order chi connectivity index (χ0) is 14.3. The van der Waals surface area contributed by atoms with E-state index in [0.717, 1.165) is 32.5 Å². The summed E-state index contributed by atoms with van der Waals surface area (Å²) in [5.41, 5.74) is 1.90. The highest BCUT2D eigenvalue weighted by molar-refractivity contribution is 7.11. The van der Waals surface area contributed by atoms with E-state index in [4.69, 9.17) is 16.0 Å². The molecule has 0 saturated carbocycles. The van der Waals surface area contributed by atoms with E-state index >= 15 is 0 Å². The van der Waals surface area contributed by atoms with E-state index in [1.54, 1.807) is 11.3 Å².